The van der Waals surface area contributed by atoms with E-state index in [-0.39, 0.29) is 11.7 Å². The zero-order valence-corrected chi connectivity index (χ0v) is 20.8. The van der Waals surface area contributed by atoms with E-state index in [0.717, 1.165) is 22.1 Å². The number of methoxy groups -OCH3 is 3. The summed E-state index contributed by atoms with van der Waals surface area (Å²) in [4.78, 5) is 24.4. The van der Waals surface area contributed by atoms with Crippen LogP contribution in [0.2, 0.25) is 0 Å². The second-order valence-corrected chi connectivity index (χ2v) is 8.22. The van der Waals surface area contributed by atoms with Crippen molar-refractivity contribution in [2.75, 3.05) is 26.6 Å². The number of Topliss-reactive ketones (excluding diaryl/α,β-unsaturated/α-hetero) is 1. The van der Waals surface area contributed by atoms with E-state index in [1.165, 1.54) is 13.0 Å². The maximum Gasteiger partial charge on any atom is 0.248 e. The topological polar surface area (TPSA) is 87.0 Å². The number of rotatable bonds is 8. The van der Waals surface area contributed by atoms with E-state index in [0.29, 0.717) is 39.7 Å². The van der Waals surface area contributed by atoms with Gasteiger partial charge in [-0.25, -0.2) is 0 Å². The van der Waals surface area contributed by atoms with Gasteiger partial charge in [-0.1, -0.05) is 12.1 Å². The fourth-order valence-electron chi connectivity index (χ4n) is 4.03. The van der Waals surface area contributed by atoms with Gasteiger partial charge in [0.2, 0.25) is 5.91 Å². The van der Waals surface area contributed by atoms with E-state index in [1.807, 2.05) is 31.2 Å². The van der Waals surface area contributed by atoms with Gasteiger partial charge in [-0.05, 0) is 55.8 Å². The lowest BCUT2D eigenvalue weighted by Crippen LogP contribution is -2.09. The zero-order chi connectivity index (χ0) is 25.8. The first-order chi connectivity index (χ1) is 17.3. The van der Waals surface area contributed by atoms with Crippen LogP contribution in [-0.2, 0) is 4.79 Å². The number of anilines is 1. The van der Waals surface area contributed by atoms with Crippen molar-refractivity contribution in [3.63, 3.8) is 0 Å². The first-order valence-electron chi connectivity index (χ1n) is 11.3. The number of carbonyl (C=O) groups excluding carboxylic acids is 2. The predicted octanol–water partition coefficient (Wildman–Crippen LogP) is 6.37. The van der Waals surface area contributed by atoms with E-state index < -0.39 is 0 Å². The van der Waals surface area contributed by atoms with Crippen molar-refractivity contribution in [3.05, 3.63) is 78.1 Å². The summed E-state index contributed by atoms with van der Waals surface area (Å²) >= 11 is 0. The van der Waals surface area contributed by atoms with Crippen molar-refractivity contribution in [2.24, 2.45) is 0 Å². The molecule has 0 radical (unpaired) electrons. The van der Waals surface area contributed by atoms with Crippen molar-refractivity contribution >= 4 is 33.9 Å². The van der Waals surface area contributed by atoms with Crippen LogP contribution >= 0.6 is 0 Å². The van der Waals surface area contributed by atoms with Gasteiger partial charge in [0.05, 0.1) is 27.6 Å². The minimum atomic E-state index is -0.322. The molecule has 0 unspecified atom stereocenters. The Morgan fingerprint density at radius 2 is 1.64 bits per heavy atom. The maximum absolute atomic E-state index is 12.8. The highest BCUT2D eigenvalue weighted by Gasteiger charge is 2.18. The molecule has 1 heterocycles. The van der Waals surface area contributed by atoms with Gasteiger partial charge in [0.15, 0.2) is 5.78 Å². The van der Waals surface area contributed by atoms with Crippen molar-refractivity contribution in [1.29, 1.82) is 0 Å². The second-order valence-electron chi connectivity index (χ2n) is 8.22. The molecule has 0 saturated carbocycles. The van der Waals surface area contributed by atoms with E-state index in [1.54, 1.807) is 57.9 Å². The molecule has 0 aliphatic carbocycles. The lowest BCUT2D eigenvalue weighted by atomic mass is 9.98. The second kappa shape index (κ2) is 10.4. The third kappa shape index (κ3) is 4.95. The highest BCUT2D eigenvalue weighted by molar-refractivity contribution is 6.06. The zero-order valence-electron chi connectivity index (χ0n) is 20.8. The van der Waals surface area contributed by atoms with Crippen LogP contribution in [0.4, 0.5) is 5.69 Å². The Bertz CT molecular complexity index is 1480. The van der Waals surface area contributed by atoms with Gasteiger partial charge in [0, 0.05) is 45.5 Å². The van der Waals surface area contributed by atoms with Gasteiger partial charge >= 0.3 is 0 Å². The summed E-state index contributed by atoms with van der Waals surface area (Å²) in [6, 6.07) is 16.1. The summed E-state index contributed by atoms with van der Waals surface area (Å²) in [6.07, 6.45) is 3.16. The molecule has 0 atom stereocenters. The summed E-state index contributed by atoms with van der Waals surface area (Å²) in [7, 11) is 4.79. The largest absolute Gasteiger partial charge is 0.497 e. The highest BCUT2D eigenvalue weighted by atomic mass is 16.5. The molecule has 0 spiro atoms. The Morgan fingerprint density at radius 1 is 0.861 bits per heavy atom. The molecule has 4 rings (SSSR count). The molecule has 1 N–H and O–H groups in total. The van der Waals surface area contributed by atoms with E-state index >= 15 is 0 Å². The van der Waals surface area contributed by atoms with Gasteiger partial charge < -0.3 is 23.9 Å². The molecule has 4 aromatic rings. The van der Waals surface area contributed by atoms with E-state index in [9.17, 15) is 9.59 Å². The van der Waals surface area contributed by atoms with Crippen molar-refractivity contribution in [1.82, 2.24) is 0 Å². The number of fused-ring (bicyclic) bond motifs is 1. The molecule has 3 aromatic carbocycles. The van der Waals surface area contributed by atoms with Crippen molar-refractivity contribution < 1.29 is 28.2 Å². The van der Waals surface area contributed by atoms with Crippen LogP contribution in [0.3, 0.4) is 0 Å². The molecule has 0 saturated heterocycles. The maximum atomic E-state index is 12.8. The molecule has 7 nitrogen and oxygen atoms in total. The Morgan fingerprint density at radius 3 is 2.33 bits per heavy atom. The molecule has 184 valence electrons. The van der Waals surface area contributed by atoms with Crippen LogP contribution in [0, 0.1) is 0 Å². The number of furan rings is 1. The molecule has 1 amide bonds. The summed E-state index contributed by atoms with van der Waals surface area (Å²) in [5, 5.41) is 3.65. The lowest BCUT2D eigenvalue weighted by molar-refractivity contribution is -0.111. The summed E-state index contributed by atoms with van der Waals surface area (Å²) in [5.41, 5.74) is 4.77. The number of amides is 1. The van der Waals surface area contributed by atoms with Crippen LogP contribution in [0.15, 0.2) is 71.4 Å². The van der Waals surface area contributed by atoms with Crippen LogP contribution in [0.5, 0.6) is 17.2 Å². The molecule has 36 heavy (non-hydrogen) atoms. The Hall–Kier alpha value is -4.52. The number of carbonyl (C=O) groups is 2. The Kier molecular flexibility index (Phi) is 7.10. The Labute approximate surface area is 209 Å². The smallest absolute Gasteiger partial charge is 0.248 e. The quantitative estimate of drug-likeness (QED) is 0.230. The number of nitrogens with one attached hydrogen (secondary N) is 1. The van der Waals surface area contributed by atoms with Gasteiger partial charge in [-0.15, -0.1) is 0 Å². The average molecular weight is 486 g/mol. The SMILES string of the molecule is COc1ccc(OC)c(-c2coc3cc(OC)c(/C(C)=C/C(=O)Nc4cccc(C(C)=O)c4)cc23)c1. The number of ketones is 1. The van der Waals surface area contributed by atoms with Crippen LogP contribution in [0.25, 0.3) is 27.7 Å². The molecule has 0 aliphatic heterocycles. The minimum absolute atomic E-state index is 0.0700. The van der Waals surface area contributed by atoms with E-state index in [4.69, 9.17) is 18.6 Å². The standard InChI is InChI=1S/C29H27NO6/c1-17(11-29(32)30-20-8-6-7-19(12-20)18(2)31)22-14-24-25(16-36-28(24)15-27(22)35-5)23-13-21(33-3)9-10-26(23)34-4/h6-16H,1-5H3,(H,30,32)/b17-11+. The van der Waals surface area contributed by atoms with Gasteiger partial charge in [-0.2, -0.15) is 0 Å². The van der Waals surface area contributed by atoms with Crippen LogP contribution < -0.4 is 19.5 Å². The third-order valence-corrected chi connectivity index (χ3v) is 5.90. The summed E-state index contributed by atoms with van der Waals surface area (Å²) in [5.74, 6) is 1.54. The normalized spacial score (nSPS) is 11.3. The fraction of sp³-hybridized carbons (Fsp3) is 0.172. The third-order valence-electron chi connectivity index (χ3n) is 5.90. The predicted molar refractivity (Wildman–Crippen MR) is 140 cm³/mol. The van der Waals surface area contributed by atoms with Gasteiger partial charge in [0.1, 0.15) is 22.8 Å². The van der Waals surface area contributed by atoms with Crippen LogP contribution in [0.1, 0.15) is 29.8 Å². The van der Waals surface area contributed by atoms with Gasteiger partial charge in [0.25, 0.3) is 0 Å². The van der Waals surface area contributed by atoms with Crippen molar-refractivity contribution in [2.45, 2.75) is 13.8 Å². The molecule has 7 heteroatoms. The van der Waals surface area contributed by atoms with Crippen molar-refractivity contribution in [3.8, 4) is 28.4 Å². The fourth-order valence-corrected chi connectivity index (χ4v) is 4.03. The molecular formula is C29H27NO6. The molecular weight excluding hydrogens is 458 g/mol. The lowest BCUT2D eigenvalue weighted by Gasteiger charge is -2.12. The average Bonchev–Trinajstić information content (AvgIpc) is 3.30. The number of benzene rings is 3. The molecule has 0 bridgehead atoms. The van der Waals surface area contributed by atoms with E-state index in [2.05, 4.69) is 5.32 Å². The number of allylic oxidation sites excluding steroid dienone is 1. The summed E-state index contributed by atoms with van der Waals surface area (Å²) in [6.45, 7) is 3.32. The Balaban J connectivity index is 1.73. The molecule has 0 fully saturated rings. The van der Waals surface area contributed by atoms with Gasteiger partial charge in [-0.3, -0.25) is 9.59 Å². The molecule has 0 aliphatic rings. The first-order valence-corrected chi connectivity index (χ1v) is 11.3. The highest BCUT2D eigenvalue weighted by Crippen LogP contribution is 2.41. The minimum Gasteiger partial charge on any atom is -0.497 e. The first kappa shape index (κ1) is 24.6. The summed E-state index contributed by atoms with van der Waals surface area (Å²) < 4.78 is 22.4. The number of hydrogen-bond acceptors (Lipinski definition) is 6. The number of ether oxygens (including phenoxy) is 3. The monoisotopic (exact) mass is 485 g/mol. The number of hydrogen-bond donors (Lipinski definition) is 1. The van der Waals surface area contributed by atoms with Crippen LogP contribution in [-0.4, -0.2) is 33.0 Å². The molecule has 1 aromatic heterocycles.